The average Bonchev–Trinajstić information content (AvgIpc) is 3.26. The number of hydrogen-bond acceptors (Lipinski definition) is 7. The van der Waals surface area contributed by atoms with Crippen molar-refractivity contribution in [2.75, 3.05) is 12.4 Å². The molecule has 2 heterocycles. The van der Waals surface area contributed by atoms with Gasteiger partial charge in [0, 0.05) is 17.6 Å². The van der Waals surface area contributed by atoms with E-state index < -0.39 is 12.0 Å². The summed E-state index contributed by atoms with van der Waals surface area (Å²) in [6.07, 6.45) is 0. The summed E-state index contributed by atoms with van der Waals surface area (Å²) in [5.74, 6) is -0.292. The molecule has 1 atom stereocenters. The lowest BCUT2D eigenvalue weighted by atomic mass is 10.1. The standard InChI is InChI=1S/C20H18ClN5O3S/c1-10(18(28)29-3)22-17(27)11-4-7-15-14(8-11)23-19(26(15)2)25-20-24-13-6-5-12(21)9-16(13)30-20/h4-10H,1-3H3,(H,22,27)(H,23,24,25)/t10-/m1/s1. The average molecular weight is 444 g/mol. The number of methoxy groups -OCH3 is 1. The third-order valence-electron chi connectivity index (χ3n) is 4.61. The molecule has 8 nitrogen and oxygen atoms in total. The van der Waals surface area contributed by atoms with Crippen LogP contribution in [0.15, 0.2) is 36.4 Å². The third kappa shape index (κ3) is 3.81. The Morgan fingerprint density at radius 3 is 2.73 bits per heavy atom. The second kappa shape index (κ2) is 7.92. The third-order valence-corrected chi connectivity index (χ3v) is 5.78. The molecule has 1 amide bonds. The summed E-state index contributed by atoms with van der Waals surface area (Å²) in [6.45, 7) is 1.57. The second-order valence-electron chi connectivity index (χ2n) is 6.67. The molecule has 0 spiro atoms. The van der Waals surface area contributed by atoms with Crippen LogP contribution in [0.25, 0.3) is 21.3 Å². The molecule has 0 aliphatic carbocycles. The van der Waals surface area contributed by atoms with Gasteiger partial charge in [-0.05, 0) is 43.3 Å². The van der Waals surface area contributed by atoms with Crippen LogP contribution < -0.4 is 10.6 Å². The molecule has 2 aromatic heterocycles. The second-order valence-corrected chi connectivity index (χ2v) is 8.14. The molecule has 10 heteroatoms. The predicted octanol–water partition coefficient (Wildman–Crippen LogP) is 3.87. The highest BCUT2D eigenvalue weighted by Crippen LogP contribution is 2.31. The molecule has 0 aliphatic heterocycles. The number of fused-ring (bicyclic) bond motifs is 2. The number of nitrogens with zero attached hydrogens (tertiary/aromatic N) is 3. The van der Waals surface area contributed by atoms with Crippen molar-refractivity contribution in [2.24, 2.45) is 7.05 Å². The molecule has 30 heavy (non-hydrogen) atoms. The van der Waals surface area contributed by atoms with Gasteiger partial charge in [-0.15, -0.1) is 0 Å². The normalized spacial score (nSPS) is 12.1. The summed E-state index contributed by atoms with van der Waals surface area (Å²) in [5, 5.41) is 7.19. The van der Waals surface area contributed by atoms with Crippen molar-refractivity contribution in [2.45, 2.75) is 13.0 Å². The van der Waals surface area contributed by atoms with Gasteiger partial charge in [-0.2, -0.15) is 0 Å². The summed E-state index contributed by atoms with van der Waals surface area (Å²) in [4.78, 5) is 33.1. The molecule has 0 saturated heterocycles. The number of carbonyl (C=O) groups is 2. The Bertz CT molecular complexity index is 1280. The first-order chi connectivity index (χ1) is 14.4. The number of rotatable bonds is 5. The van der Waals surface area contributed by atoms with Gasteiger partial charge in [0.2, 0.25) is 5.95 Å². The van der Waals surface area contributed by atoms with E-state index in [2.05, 4.69) is 25.3 Å². The maximum atomic E-state index is 12.4. The monoisotopic (exact) mass is 443 g/mol. The number of aryl methyl sites for hydroxylation is 1. The van der Waals surface area contributed by atoms with E-state index in [4.69, 9.17) is 11.6 Å². The first-order valence-corrected chi connectivity index (χ1v) is 10.2. The molecule has 0 unspecified atom stereocenters. The maximum absolute atomic E-state index is 12.4. The number of benzene rings is 2. The fourth-order valence-electron chi connectivity index (χ4n) is 3.02. The van der Waals surface area contributed by atoms with Crippen LogP contribution in [0.2, 0.25) is 5.02 Å². The zero-order valence-corrected chi connectivity index (χ0v) is 18.0. The van der Waals surface area contributed by atoms with Crippen LogP contribution >= 0.6 is 22.9 Å². The molecule has 0 bridgehead atoms. The number of hydrogen-bond donors (Lipinski definition) is 2. The van der Waals surface area contributed by atoms with E-state index in [1.54, 1.807) is 25.1 Å². The van der Waals surface area contributed by atoms with Gasteiger partial charge in [-0.25, -0.2) is 14.8 Å². The molecular weight excluding hydrogens is 426 g/mol. The van der Waals surface area contributed by atoms with Crippen molar-refractivity contribution in [3.8, 4) is 0 Å². The lowest BCUT2D eigenvalue weighted by Crippen LogP contribution is -2.39. The van der Waals surface area contributed by atoms with Crippen molar-refractivity contribution in [1.82, 2.24) is 19.9 Å². The van der Waals surface area contributed by atoms with E-state index in [0.717, 1.165) is 15.7 Å². The van der Waals surface area contributed by atoms with Gasteiger partial charge in [0.05, 0.1) is 28.4 Å². The van der Waals surface area contributed by atoms with Crippen LogP contribution in [-0.4, -0.2) is 39.6 Å². The number of anilines is 2. The van der Waals surface area contributed by atoms with Crippen molar-refractivity contribution in [1.29, 1.82) is 0 Å². The number of thiazole rings is 1. The quantitative estimate of drug-likeness (QED) is 0.454. The minimum Gasteiger partial charge on any atom is -0.467 e. The number of esters is 1. The fourth-order valence-corrected chi connectivity index (χ4v) is 4.15. The summed E-state index contributed by atoms with van der Waals surface area (Å²) in [7, 11) is 3.15. The van der Waals surface area contributed by atoms with Crippen LogP contribution in [0.1, 0.15) is 17.3 Å². The molecule has 0 saturated carbocycles. The summed E-state index contributed by atoms with van der Waals surface area (Å²) < 4.78 is 7.49. The van der Waals surface area contributed by atoms with Crippen molar-refractivity contribution < 1.29 is 14.3 Å². The smallest absolute Gasteiger partial charge is 0.328 e. The Balaban J connectivity index is 1.60. The number of carbonyl (C=O) groups excluding carboxylic acids is 2. The summed E-state index contributed by atoms with van der Waals surface area (Å²) in [5.41, 5.74) is 2.74. The fraction of sp³-hybridized carbons (Fsp3) is 0.200. The molecule has 2 N–H and O–H groups in total. The lowest BCUT2D eigenvalue weighted by molar-refractivity contribution is -0.142. The minimum absolute atomic E-state index is 0.377. The van der Waals surface area contributed by atoms with Gasteiger partial charge in [0.25, 0.3) is 5.91 Å². The molecule has 0 fully saturated rings. The first kappa shape index (κ1) is 20.1. The van der Waals surface area contributed by atoms with E-state index in [1.165, 1.54) is 18.4 Å². The van der Waals surface area contributed by atoms with Crippen LogP contribution in [0, 0.1) is 0 Å². The SMILES string of the molecule is COC(=O)[C@@H](C)NC(=O)c1ccc2c(c1)nc(Nc1nc3ccc(Cl)cc3s1)n2C. The largest absolute Gasteiger partial charge is 0.467 e. The zero-order chi connectivity index (χ0) is 21.4. The van der Waals surface area contributed by atoms with Gasteiger partial charge < -0.3 is 19.9 Å². The van der Waals surface area contributed by atoms with E-state index in [-0.39, 0.29) is 5.91 Å². The highest BCUT2D eigenvalue weighted by molar-refractivity contribution is 7.22. The van der Waals surface area contributed by atoms with Crippen LogP contribution in [0.4, 0.5) is 11.1 Å². The number of nitrogens with one attached hydrogen (secondary N) is 2. The highest BCUT2D eigenvalue weighted by atomic mass is 35.5. The number of amides is 1. The van der Waals surface area contributed by atoms with Crippen molar-refractivity contribution in [3.05, 3.63) is 47.0 Å². The Kier molecular flexibility index (Phi) is 5.31. The molecule has 2 aromatic carbocycles. The Hall–Kier alpha value is -3.17. The van der Waals surface area contributed by atoms with Gasteiger partial charge >= 0.3 is 5.97 Å². The van der Waals surface area contributed by atoms with Crippen molar-refractivity contribution >= 4 is 67.1 Å². The lowest BCUT2D eigenvalue weighted by Gasteiger charge is -2.11. The first-order valence-electron chi connectivity index (χ1n) is 9.04. The Morgan fingerprint density at radius 1 is 1.17 bits per heavy atom. The van der Waals surface area contributed by atoms with Gasteiger partial charge in [0.15, 0.2) is 5.13 Å². The Morgan fingerprint density at radius 2 is 1.97 bits per heavy atom. The molecule has 4 rings (SSSR count). The van der Waals surface area contributed by atoms with E-state index in [9.17, 15) is 9.59 Å². The molecule has 0 aliphatic rings. The topological polar surface area (TPSA) is 98.1 Å². The highest BCUT2D eigenvalue weighted by Gasteiger charge is 2.18. The molecule has 154 valence electrons. The van der Waals surface area contributed by atoms with Gasteiger partial charge in [0.1, 0.15) is 6.04 Å². The van der Waals surface area contributed by atoms with Crippen LogP contribution in [0.5, 0.6) is 0 Å². The molecule has 4 aromatic rings. The van der Waals surface area contributed by atoms with E-state index in [1.807, 2.05) is 29.8 Å². The van der Waals surface area contributed by atoms with E-state index >= 15 is 0 Å². The van der Waals surface area contributed by atoms with Crippen LogP contribution in [-0.2, 0) is 16.6 Å². The van der Waals surface area contributed by atoms with Crippen LogP contribution in [0.3, 0.4) is 0 Å². The number of halogens is 1. The molecule has 0 radical (unpaired) electrons. The Labute approximate surface area is 180 Å². The number of aromatic nitrogens is 3. The number of ether oxygens (including phenoxy) is 1. The molecular formula is C20H18ClN5O3S. The van der Waals surface area contributed by atoms with Gasteiger partial charge in [-0.3, -0.25) is 4.79 Å². The summed E-state index contributed by atoms with van der Waals surface area (Å²) >= 11 is 7.52. The van der Waals surface area contributed by atoms with Gasteiger partial charge in [-0.1, -0.05) is 22.9 Å². The predicted molar refractivity (Wildman–Crippen MR) is 118 cm³/mol. The number of imidazole rings is 1. The van der Waals surface area contributed by atoms with Crippen molar-refractivity contribution in [3.63, 3.8) is 0 Å². The minimum atomic E-state index is -0.744. The zero-order valence-electron chi connectivity index (χ0n) is 16.4. The van der Waals surface area contributed by atoms with E-state index in [0.29, 0.717) is 27.2 Å². The summed E-state index contributed by atoms with van der Waals surface area (Å²) in [6, 6.07) is 9.97. The maximum Gasteiger partial charge on any atom is 0.328 e.